The first-order valence-electron chi connectivity index (χ1n) is 10.3. The van der Waals surface area contributed by atoms with Gasteiger partial charge in [0, 0.05) is 18.8 Å². The van der Waals surface area contributed by atoms with Crippen LogP contribution in [-0.2, 0) is 29.6 Å². The second kappa shape index (κ2) is 10.3. The molecule has 2 N–H and O–H groups in total. The van der Waals surface area contributed by atoms with E-state index in [2.05, 4.69) is 10.0 Å². The molecule has 9 nitrogen and oxygen atoms in total. The molecule has 0 bridgehead atoms. The molecule has 1 aliphatic heterocycles. The van der Waals surface area contributed by atoms with E-state index in [9.17, 15) is 26.0 Å². The Balaban J connectivity index is 1.83. The zero-order chi connectivity index (χ0) is 24.2. The summed E-state index contributed by atoms with van der Waals surface area (Å²) in [6.45, 7) is 3.92. The smallest absolute Gasteiger partial charge is 0.246 e. The summed E-state index contributed by atoms with van der Waals surface area (Å²) in [7, 11) is -8.12. The minimum absolute atomic E-state index is 0.00382. The SMILES string of the molecule is CC(C)[C@H](NS(=O)(=O)c1ccccc1)C(=O)Nc1ccc(F)c(S(=O)(=O)N2CCOCC2)c1. The van der Waals surface area contributed by atoms with E-state index in [1.165, 1.54) is 18.2 Å². The van der Waals surface area contributed by atoms with Gasteiger partial charge in [0.25, 0.3) is 0 Å². The zero-order valence-electron chi connectivity index (χ0n) is 18.2. The van der Waals surface area contributed by atoms with Crippen LogP contribution < -0.4 is 10.0 Å². The predicted octanol–water partition coefficient (Wildman–Crippen LogP) is 1.79. The normalized spacial score (nSPS) is 16.5. The van der Waals surface area contributed by atoms with Crippen molar-refractivity contribution in [2.75, 3.05) is 31.6 Å². The summed E-state index contributed by atoms with van der Waals surface area (Å²) in [5.74, 6) is -2.09. The van der Waals surface area contributed by atoms with E-state index < -0.39 is 48.6 Å². The number of ether oxygens (including phenoxy) is 1. The van der Waals surface area contributed by atoms with Crippen LogP contribution in [0.1, 0.15) is 13.8 Å². The molecule has 1 saturated heterocycles. The number of amides is 1. The Morgan fingerprint density at radius 3 is 2.27 bits per heavy atom. The predicted molar refractivity (Wildman–Crippen MR) is 120 cm³/mol. The van der Waals surface area contributed by atoms with E-state index in [-0.39, 0.29) is 36.9 Å². The van der Waals surface area contributed by atoms with Crippen molar-refractivity contribution in [1.29, 1.82) is 0 Å². The first kappa shape index (κ1) is 25.2. The van der Waals surface area contributed by atoms with E-state index in [1.807, 2.05) is 0 Å². The van der Waals surface area contributed by atoms with Gasteiger partial charge in [-0.3, -0.25) is 4.79 Å². The summed E-state index contributed by atoms with van der Waals surface area (Å²) >= 11 is 0. The number of sulfonamides is 2. The fourth-order valence-corrected chi connectivity index (χ4v) is 6.12. The highest BCUT2D eigenvalue weighted by molar-refractivity contribution is 7.89. The van der Waals surface area contributed by atoms with Crippen molar-refractivity contribution in [2.24, 2.45) is 5.92 Å². The average molecular weight is 500 g/mol. The second-order valence-electron chi connectivity index (χ2n) is 7.81. The van der Waals surface area contributed by atoms with Crippen molar-refractivity contribution in [3.8, 4) is 0 Å². The van der Waals surface area contributed by atoms with Crippen molar-refractivity contribution in [1.82, 2.24) is 9.03 Å². The molecule has 180 valence electrons. The largest absolute Gasteiger partial charge is 0.379 e. The molecule has 0 spiro atoms. The third-order valence-corrected chi connectivity index (χ3v) is 8.44. The minimum Gasteiger partial charge on any atom is -0.379 e. The highest BCUT2D eigenvalue weighted by atomic mass is 32.2. The first-order chi connectivity index (χ1) is 15.5. The fourth-order valence-electron chi connectivity index (χ4n) is 3.25. The summed E-state index contributed by atoms with van der Waals surface area (Å²) in [6.07, 6.45) is 0. The van der Waals surface area contributed by atoms with Crippen molar-refractivity contribution in [3.63, 3.8) is 0 Å². The molecule has 1 fully saturated rings. The van der Waals surface area contributed by atoms with Crippen LogP contribution in [0.2, 0.25) is 0 Å². The lowest BCUT2D eigenvalue weighted by Gasteiger charge is -2.26. The minimum atomic E-state index is -4.14. The highest BCUT2D eigenvalue weighted by Crippen LogP contribution is 2.24. The summed E-state index contributed by atoms with van der Waals surface area (Å²) in [4.78, 5) is 12.3. The number of halogens is 1. The Hall–Kier alpha value is -2.38. The van der Waals surface area contributed by atoms with E-state index in [4.69, 9.17) is 4.74 Å². The number of anilines is 1. The van der Waals surface area contributed by atoms with Gasteiger partial charge in [0.15, 0.2) is 0 Å². The molecule has 1 amide bonds. The third-order valence-electron chi connectivity index (χ3n) is 5.07. The van der Waals surface area contributed by atoms with Crippen molar-refractivity contribution in [3.05, 3.63) is 54.3 Å². The van der Waals surface area contributed by atoms with Gasteiger partial charge in [0.05, 0.1) is 18.1 Å². The molecule has 0 unspecified atom stereocenters. The van der Waals surface area contributed by atoms with Crippen LogP contribution in [-0.4, -0.2) is 59.4 Å². The van der Waals surface area contributed by atoms with Crippen molar-refractivity contribution < 1.29 is 30.8 Å². The van der Waals surface area contributed by atoms with Crippen LogP contribution in [0.25, 0.3) is 0 Å². The van der Waals surface area contributed by atoms with E-state index in [0.717, 1.165) is 16.4 Å². The van der Waals surface area contributed by atoms with Crippen LogP contribution in [0.5, 0.6) is 0 Å². The van der Waals surface area contributed by atoms with Gasteiger partial charge >= 0.3 is 0 Å². The van der Waals surface area contributed by atoms with Gasteiger partial charge in [-0.2, -0.15) is 9.03 Å². The molecule has 3 rings (SSSR count). The number of hydrogen-bond acceptors (Lipinski definition) is 6. The third kappa shape index (κ3) is 5.95. The molecule has 2 aromatic rings. The number of nitrogens with zero attached hydrogens (tertiary/aromatic N) is 1. The van der Waals surface area contributed by atoms with Gasteiger partial charge in [0.1, 0.15) is 16.8 Å². The molecular formula is C21H26FN3O6S2. The molecule has 1 heterocycles. The summed E-state index contributed by atoms with van der Waals surface area (Å²) in [6, 6.07) is 9.64. The maximum atomic E-state index is 14.4. The fraction of sp³-hybridized carbons (Fsp3) is 0.381. The maximum absolute atomic E-state index is 14.4. The van der Waals surface area contributed by atoms with E-state index in [1.54, 1.807) is 32.0 Å². The Kier molecular flexibility index (Phi) is 7.85. The zero-order valence-corrected chi connectivity index (χ0v) is 19.8. The molecule has 0 radical (unpaired) electrons. The lowest BCUT2D eigenvalue weighted by Crippen LogP contribution is -2.47. The number of benzene rings is 2. The van der Waals surface area contributed by atoms with E-state index in [0.29, 0.717) is 0 Å². The van der Waals surface area contributed by atoms with Crippen LogP contribution in [0.3, 0.4) is 0 Å². The second-order valence-corrected chi connectivity index (χ2v) is 11.4. The topological polar surface area (TPSA) is 122 Å². The first-order valence-corrected chi connectivity index (χ1v) is 13.2. The lowest BCUT2D eigenvalue weighted by atomic mass is 10.0. The van der Waals surface area contributed by atoms with Crippen LogP contribution >= 0.6 is 0 Å². The highest BCUT2D eigenvalue weighted by Gasteiger charge is 2.31. The van der Waals surface area contributed by atoms with E-state index >= 15 is 0 Å². The maximum Gasteiger partial charge on any atom is 0.246 e. The molecule has 33 heavy (non-hydrogen) atoms. The quantitative estimate of drug-likeness (QED) is 0.571. The summed E-state index contributed by atoms with van der Waals surface area (Å²) < 4.78 is 74.1. The molecule has 0 aliphatic carbocycles. The van der Waals surface area contributed by atoms with Crippen LogP contribution in [0, 0.1) is 11.7 Å². The number of rotatable bonds is 8. The molecule has 2 aromatic carbocycles. The number of carbonyl (C=O) groups excluding carboxylic acids is 1. The number of nitrogens with one attached hydrogen (secondary N) is 2. The monoisotopic (exact) mass is 499 g/mol. The number of carbonyl (C=O) groups is 1. The average Bonchev–Trinajstić information content (AvgIpc) is 2.79. The molecule has 1 aliphatic rings. The summed E-state index contributed by atoms with van der Waals surface area (Å²) in [5, 5.41) is 2.50. The molecular weight excluding hydrogens is 473 g/mol. The van der Waals surface area contributed by atoms with Gasteiger partial charge in [-0.15, -0.1) is 0 Å². The molecule has 0 aromatic heterocycles. The lowest BCUT2D eigenvalue weighted by molar-refractivity contribution is -0.118. The standard InChI is InChI=1S/C21H26FN3O6S2/c1-15(2)20(24-32(27,28)17-6-4-3-5-7-17)21(26)23-16-8-9-18(22)19(14-16)33(29,30)25-10-12-31-13-11-25/h3-9,14-15,20,24H,10-13H2,1-2H3,(H,23,26)/t20-/m0/s1. The van der Waals surface area contributed by atoms with Gasteiger partial charge in [-0.25, -0.2) is 21.2 Å². The van der Waals surface area contributed by atoms with Crippen molar-refractivity contribution in [2.45, 2.75) is 29.7 Å². The Morgan fingerprint density at radius 2 is 1.67 bits per heavy atom. The molecule has 12 heteroatoms. The van der Waals surface area contributed by atoms with Gasteiger partial charge < -0.3 is 10.1 Å². The Morgan fingerprint density at radius 1 is 1.03 bits per heavy atom. The Bertz CT molecular complexity index is 1200. The molecule has 0 saturated carbocycles. The van der Waals surface area contributed by atoms with Crippen LogP contribution in [0.15, 0.2) is 58.3 Å². The number of morpholine rings is 1. The van der Waals surface area contributed by atoms with Gasteiger partial charge in [-0.1, -0.05) is 32.0 Å². The van der Waals surface area contributed by atoms with Gasteiger partial charge in [-0.05, 0) is 36.2 Å². The van der Waals surface area contributed by atoms with Crippen molar-refractivity contribution >= 4 is 31.6 Å². The van der Waals surface area contributed by atoms with Crippen LogP contribution in [0.4, 0.5) is 10.1 Å². The van der Waals surface area contributed by atoms with Gasteiger partial charge in [0.2, 0.25) is 26.0 Å². The number of hydrogen-bond donors (Lipinski definition) is 2. The molecule has 1 atom stereocenters. The summed E-state index contributed by atoms with van der Waals surface area (Å²) in [5.41, 5.74) is 0.0257. The Labute approximate surface area is 193 Å².